The van der Waals surface area contributed by atoms with Gasteiger partial charge < -0.3 is 0 Å². The monoisotopic (exact) mass is 379 g/mol. The van der Waals surface area contributed by atoms with Crippen LogP contribution in [0, 0.1) is 19.8 Å². The zero-order valence-corrected chi connectivity index (χ0v) is 16.6. The number of aryl methyl sites for hydroxylation is 2. The molecule has 0 amide bonds. The molecule has 0 atom stereocenters. The van der Waals surface area contributed by atoms with Crippen LogP contribution in [0.2, 0.25) is 0 Å². The fraction of sp³-hybridized carbons (Fsp3) is 0.588. The third kappa shape index (κ3) is 3.33. The number of aromatic amines is 1. The highest BCUT2D eigenvalue weighted by atomic mass is 32.2. The van der Waals surface area contributed by atoms with Gasteiger partial charge in [0.05, 0.1) is 23.6 Å². The lowest BCUT2D eigenvalue weighted by molar-refractivity contribution is 0.171. The maximum atomic E-state index is 12.7. The van der Waals surface area contributed by atoms with E-state index in [9.17, 15) is 13.2 Å². The van der Waals surface area contributed by atoms with Gasteiger partial charge in [-0.05, 0) is 19.9 Å². The highest BCUT2D eigenvalue weighted by Gasteiger charge is 2.39. The van der Waals surface area contributed by atoms with Crippen LogP contribution in [-0.2, 0) is 22.0 Å². The average Bonchev–Trinajstić information content (AvgIpc) is 2.82. The van der Waals surface area contributed by atoms with Crippen LogP contribution in [0.15, 0.2) is 21.8 Å². The van der Waals surface area contributed by atoms with E-state index in [-0.39, 0.29) is 21.8 Å². The molecule has 0 radical (unpaired) electrons. The topological polar surface area (TPSA) is 101 Å². The maximum absolute atomic E-state index is 12.7. The minimum atomic E-state index is -3.56. The van der Waals surface area contributed by atoms with Gasteiger partial charge in [0.25, 0.3) is 5.56 Å². The van der Waals surface area contributed by atoms with Crippen molar-refractivity contribution < 1.29 is 8.42 Å². The number of sulfonamides is 1. The summed E-state index contributed by atoms with van der Waals surface area (Å²) in [5, 5.41) is 11.1. The molecule has 1 saturated heterocycles. The molecule has 0 aliphatic carbocycles. The number of nitrogens with one attached hydrogen (secondary N) is 1. The van der Waals surface area contributed by atoms with Gasteiger partial charge >= 0.3 is 0 Å². The van der Waals surface area contributed by atoms with Gasteiger partial charge in [-0.15, -0.1) is 0 Å². The Bertz CT molecular complexity index is 959. The quantitative estimate of drug-likeness (QED) is 0.860. The number of hydrogen-bond donors (Lipinski definition) is 1. The normalized spacial score (nSPS) is 16.7. The molecule has 0 spiro atoms. The van der Waals surface area contributed by atoms with Crippen molar-refractivity contribution in [1.29, 1.82) is 0 Å². The Hall–Kier alpha value is -2.00. The number of nitrogens with zero attached hydrogens (tertiary/aromatic N) is 4. The van der Waals surface area contributed by atoms with Crippen LogP contribution in [0.1, 0.15) is 37.9 Å². The Balaban J connectivity index is 1.73. The molecule has 1 N–H and O–H groups in total. The first-order valence-electron chi connectivity index (χ1n) is 8.60. The van der Waals surface area contributed by atoms with Crippen molar-refractivity contribution in [2.45, 2.75) is 51.5 Å². The van der Waals surface area contributed by atoms with Crippen molar-refractivity contribution in [3.63, 3.8) is 0 Å². The Labute approximate surface area is 153 Å². The van der Waals surface area contributed by atoms with Crippen LogP contribution < -0.4 is 5.56 Å². The van der Waals surface area contributed by atoms with Crippen LogP contribution in [-0.4, -0.2) is 45.8 Å². The number of H-pyrrole nitrogens is 1. The predicted octanol–water partition coefficient (Wildman–Crippen LogP) is 1.20. The third-order valence-electron chi connectivity index (χ3n) is 4.65. The second-order valence-corrected chi connectivity index (χ2v) is 9.81. The van der Waals surface area contributed by atoms with Gasteiger partial charge in [-0.1, -0.05) is 20.8 Å². The van der Waals surface area contributed by atoms with Gasteiger partial charge in [-0.3, -0.25) is 9.89 Å². The molecule has 8 nitrogen and oxygen atoms in total. The molecule has 2 aromatic rings. The van der Waals surface area contributed by atoms with Crippen molar-refractivity contribution in [1.82, 2.24) is 24.3 Å². The van der Waals surface area contributed by atoms with Gasteiger partial charge in [-0.25, -0.2) is 13.1 Å². The summed E-state index contributed by atoms with van der Waals surface area (Å²) in [7, 11) is -3.56. The lowest BCUT2D eigenvalue weighted by Gasteiger charge is -2.38. The minimum absolute atomic E-state index is 0.0673. The van der Waals surface area contributed by atoms with Crippen LogP contribution in [0.3, 0.4) is 0 Å². The first kappa shape index (κ1) is 18.8. The molecule has 0 saturated carbocycles. The molecule has 3 rings (SSSR count). The van der Waals surface area contributed by atoms with E-state index < -0.39 is 10.0 Å². The van der Waals surface area contributed by atoms with E-state index in [0.29, 0.717) is 31.0 Å². The van der Waals surface area contributed by atoms with Gasteiger partial charge in [0.2, 0.25) is 10.0 Å². The SMILES string of the molecule is Cc1n[nH]c(C)c1S(=O)(=O)N1CC(Cn2nc(C(C)(C)C)ccc2=O)C1. The van der Waals surface area contributed by atoms with Crippen LogP contribution in [0.25, 0.3) is 0 Å². The second kappa shape index (κ2) is 6.31. The Morgan fingerprint density at radius 1 is 1.23 bits per heavy atom. The first-order valence-corrected chi connectivity index (χ1v) is 10.0. The Morgan fingerprint density at radius 3 is 2.42 bits per heavy atom. The molecule has 26 heavy (non-hydrogen) atoms. The largest absolute Gasteiger partial charge is 0.281 e. The predicted molar refractivity (Wildman–Crippen MR) is 97.5 cm³/mol. The second-order valence-electron chi connectivity index (χ2n) is 7.94. The van der Waals surface area contributed by atoms with E-state index in [2.05, 4.69) is 15.3 Å². The zero-order chi connectivity index (χ0) is 19.3. The van der Waals surface area contributed by atoms with Crippen molar-refractivity contribution >= 4 is 10.0 Å². The summed E-state index contributed by atoms with van der Waals surface area (Å²) in [5.74, 6) is 0.0673. The number of hydrogen-bond acceptors (Lipinski definition) is 5. The Morgan fingerprint density at radius 2 is 1.88 bits per heavy atom. The summed E-state index contributed by atoms with van der Waals surface area (Å²) < 4.78 is 28.4. The molecular weight excluding hydrogens is 354 g/mol. The number of aromatic nitrogens is 4. The highest BCUT2D eigenvalue weighted by molar-refractivity contribution is 7.89. The van der Waals surface area contributed by atoms with Crippen molar-refractivity contribution in [2.75, 3.05) is 13.1 Å². The Kier molecular flexibility index (Phi) is 4.56. The van der Waals surface area contributed by atoms with Crippen molar-refractivity contribution in [3.05, 3.63) is 39.6 Å². The van der Waals surface area contributed by atoms with Crippen molar-refractivity contribution in [3.8, 4) is 0 Å². The molecule has 2 aromatic heterocycles. The average molecular weight is 379 g/mol. The van der Waals surface area contributed by atoms with Crippen LogP contribution in [0.5, 0.6) is 0 Å². The van der Waals surface area contributed by atoms with E-state index in [0.717, 1.165) is 5.69 Å². The molecule has 9 heteroatoms. The molecule has 142 valence electrons. The standard InChI is InChI=1S/C17H25N5O3S/c1-11-16(12(2)19-18-11)26(24,25)21-8-13(9-21)10-22-15(23)7-6-14(20-22)17(3,4)5/h6-7,13H,8-10H2,1-5H3,(H,18,19). The van der Waals surface area contributed by atoms with E-state index in [1.54, 1.807) is 19.9 Å². The molecule has 1 fully saturated rings. The molecular formula is C17H25N5O3S. The van der Waals surface area contributed by atoms with Gasteiger partial charge in [0, 0.05) is 30.5 Å². The summed E-state index contributed by atoms with van der Waals surface area (Å²) >= 11 is 0. The van der Waals surface area contributed by atoms with E-state index in [1.807, 2.05) is 20.8 Å². The number of rotatable bonds is 4. The summed E-state index contributed by atoms with van der Waals surface area (Å²) in [6, 6.07) is 3.28. The fourth-order valence-corrected chi connectivity index (χ4v) is 5.03. The summed E-state index contributed by atoms with van der Waals surface area (Å²) in [4.78, 5) is 12.3. The van der Waals surface area contributed by atoms with Crippen molar-refractivity contribution in [2.24, 2.45) is 5.92 Å². The lowest BCUT2D eigenvalue weighted by atomic mass is 9.92. The van der Waals surface area contributed by atoms with Crippen LogP contribution >= 0.6 is 0 Å². The van der Waals surface area contributed by atoms with Crippen LogP contribution in [0.4, 0.5) is 0 Å². The van der Waals surface area contributed by atoms with Gasteiger partial charge in [0.15, 0.2) is 0 Å². The molecule has 0 aromatic carbocycles. The first-order chi connectivity index (χ1) is 12.0. The maximum Gasteiger partial charge on any atom is 0.266 e. The van der Waals surface area contributed by atoms with E-state index >= 15 is 0 Å². The molecule has 1 aliphatic rings. The third-order valence-corrected chi connectivity index (χ3v) is 6.74. The molecule has 0 unspecified atom stereocenters. The lowest BCUT2D eigenvalue weighted by Crippen LogP contribution is -2.52. The highest BCUT2D eigenvalue weighted by Crippen LogP contribution is 2.28. The molecule has 1 aliphatic heterocycles. The minimum Gasteiger partial charge on any atom is -0.281 e. The fourth-order valence-electron chi connectivity index (χ4n) is 3.11. The van der Waals surface area contributed by atoms with Gasteiger partial charge in [0.1, 0.15) is 4.90 Å². The zero-order valence-electron chi connectivity index (χ0n) is 15.8. The smallest absolute Gasteiger partial charge is 0.266 e. The summed E-state index contributed by atoms with van der Waals surface area (Å²) in [6.45, 7) is 10.7. The van der Waals surface area contributed by atoms with E-state index in [4.69, 9.17) is 0 Å². The summed E-state index contributed by atoms with van der Waals surface area (Å²) in [6.07, 6.45) is 0. The molecule has 0 bridgehead atoms. The van der Waals surface area contributed by atoms with Gasteiger partial charge in [-0.2, -0.15) is 14.5 Å². The van der Waals surface area contributed by atoms with E-state index in [1.165, 1.54) is 15.1 Å². The molecule has 3 heterocycles. The summed E-state index contributed by atoms with van der Waals surface area (Å²) in [5.41, 5.74) is 1.54.